The number of aryl methyl sites for hydroxylation is 1. The smallest absolute Gasteiger partial charge is 0.132 e. The molecule has 2 nitrogen and oxygen atoms in total. The van der Waals surface area contributed by atoms with Crippen molar-refractivity contribution in [2.75, 3.05) is 0 Å². The second-order valence-electron chi connectivity index (χ2n) is 2.74. The number of halogens is 2. The van der Waals surface area contributed by atoms with Crippen LogP contribution in [-0.2, 0) is 6.42 Å². The lowest BCUT2D eigenvalue weighted by atomic mass is 10.4. The van der Waals surface area contributed by atoms with Gasteiger partial charge in [0.25, 0.3) is 0 Å². The van der Waals surface area contributed by atoms with Gasteiger partial charge in [0.15, 0.2) is 0 Å². The predicted octanol–water partition coefficient (Wildman–Crippen LogP) is 3.42. The lowest BCUT2D eigenvalue weighted by molar-refractivity contribution is 0.918. The quantitative estimate of drug-likeness (QED) is 0.738. The zero-order chi connectivity index (χ0) is 9.42. The summed E-state index contributed by atoms with van der Waals surface area (Å²) in [5.74, 6) is 1.06. The summed E-state index contributed by atoms with van der Waals surface area (Å²) in [6, 6.07) is 6.06. The van der Waals surface area contributed by atoms with Crippen LogP contribution in [0.5, 0.6) is 0 Å². The molecule has 0 atom stereocenters. The molecule has 2 aromatic rings. The van der Waals surface area contributed by atoms with Crippen molar-refractivity contribution in [1.82, 2.24) is 9.38 Å². The highest BCUT2D eigenvalue weighted by Crippen LogP contribution is 2.23. The summed E-state index contributed by atoms with van der Waals surface area (Å²) in [4.78, 5) is 4.42. The van der Waals surface area contributed by atoms with Crippen molar-refractivity contribution in [3.8, 4) is 0 Å². The van der Waals surface area contributed by atoms with E-state index in [0.29, 0.717) is 0 Å². The minimum absolute atomic E-state index is 0.908. The van der Waals surface area contributed by atoms with Crippen LogP contribution in [0.4, 0.5) is 0 Å². The number of aromatic nitrogens is 2. The van der Waals surface area contributed by atoms with Gasteiger partial charge in [-0.15, -0.1) is 0 Å². The molecule has 0 saturated carbocycles. The van der Waals surface area contributed by atoms with E-state index in [1.165, 1.54) is 0 Å². The highest BCUT2D eigenvalue weighted by Gasteiger charge is 2.08. The van der Waals surface area contributed by atoms with E-state index in [1.54, 1.807) is 0 Å². The molecule has 68 valence electrons. The van der Waals surface area contributed by atoms with Gasteiger partial charge in [-0.3, -0.25) is 4.40 Å². The van der Waals surface area contributed by atoms with Gasteiger partial charge in [-0.25, -0.2) is 4.98 Å². The molecule has 0 saturated heterocycles. The van der Waals surface area contributed by atoms with Crippen LogP contribution in [0, 0.1) is 0 Å². The van der Waals surface area contributed by atoms with Crippen molar-refractivity contribution in [1.29, 1.82) is 0 Å². The van der Waals surface area contributed by atoms with Gasteiger partial charge in [-0.2, -0.15) is 0 Å². The minimum Gasteiger partial charge on any atom is -0.289 e. The highest BCUT2D eigenvalue weighted by atomic mass is 79.9. The summed E-state index contributed by atoms with van der Waals surface area (Å²) >= 11 is 6.94. The van der Waals surface area contributed by atoms with Crippen molar-refractivity contribution < 1.29 is 0 Å². The second-order valence-corrected chi connectivity index (χ2v) is 4.31. The summed E-state index contributed by atoms with van der Waals surface area (Å²) < 4.78 is 4.05. The van der Waals surface area contributed by atoms with Crippen LogP contribution in [0.3, 0.4) is 0 Å². The third-order valence-corrected chi connectivity index (χ3v) is 3.16. The van der Waals surface area contributed by atoms with Crippen LogP contribution >= 0.6 is 31.9 Å². The van der Waals surface area contributed by atoms with Crippen molar-refractivity contribution in [2.24, 2.45) is 0 Å². The Morgan fingerprint density at radius 3 is 2.85 bits per heavy atom. The molecule has 0 radical (unpaired) electrons. The first kappa shape index (κ1) is 9.21. The summed E-state index contributed by atoms with van der Waals surface area (Å²) in [5.41, 5.74) is 1.10. The van der Waals surface area contributed by atoms with Gasteiger partial charge >= 0.3 is 0 Å². The predicted molar refractivity (Wildman–Crippen MR) is 60.0 cm³/mol. The number of hydrogen-bond donors (Lipinski definition) is 0. The molecule has 0 amide bonds. The first-order chi connectivity index (χ1) is 6.24. The Hall–Kier alpha value is -0.350. The minimum atomic E-state index is 0.908. The van der Waals surface area contributed by atoms with Crippen LogP contribution < -0.4 is 0 Å². The third-order valence-electron chi connectivity index (χ3n) is 1.96. The lowest BCUT2D eigenvalue weighted by Crippen LogP contribution is -1.93. The van der Waals surface area contributed by atoms with Crippen LogP contribution in [0.2, 0.25) is 0 Å². The Morgan fingerprint density at radius 2 is 2.15 bits per heavy atom. The molecule has 2 aromatic heterocycles. The van der Waals surface area contributed by atoms with Gasteiger partial charge in [0, 0.05) is 6.42 Å². The maximum atomic E-state index is 4.42. The molecule has 0 spiro atoms. The average molecular weight is 304 g/mol. The molecular weight excluding hydrogens is 296 g/mol. The molecule has 13 heavy (non-hydrogen) atoms. The Bertz CT molecular complexity index is 448. The van der Waals surface area contributed by atoms with Gasteiger partial charge in [-0.1, -0.05) is 13.0 Å². The molecule has 0 aromatic carbocycles. The van der Waals surface area contributed by atoms with E-state index in [9.17, 15) is 0 Å². The van der Waals surface area contributed by atoms with E-state index < -0.39 is 0 Å². The molecular formula is C9H8Br2N2. The topological polar surface area (TPSA) is 17.3 Å². The average Bonchev–Trinajstić information content (AvgIpc) is 2.45. The SMILES string of the molecule is CCc1nc(Br)c2cccc(Br)n12. The van der Waals surface area contributed by atoms with Gasteiger partial charge in [0.1, 0.15) is 10.4 Å². The van der Waals surface area contributed by atoms with Crippen molar-refractivity contribution in [2.45, 2.75) is 13.3 Å². The Balaban J connectivity index is 2.89. The van der Waals surface area contributed by atoms with Crippen molar-refractivity contribution in [3.63, 3.8) is 0 Å². The number of pyridine rings is 1. The molecule has 0 bridgehead atoms. The van der Waals surface area contributed by atoms with Crippen LogP contribution in [-0.4, -0.2) is 9.38 Å². The van der Waals surface area contributed by atoms with Crippen LogP contribution in [0.15, 0.2) is 27.4 Å². The number of imidazole rings is 1. The summed E-state index contributed by atoms with van der Waals surface area (Å²) in [6.07, 6.45) is 0.926. The van der Waals surface area contributed by atoms with Gasteiger partial charge < -0.3 is 0 Å². The summed E-state index contributed by atoms with van der Waals surface area (Å²) in [5, 5.41) is 0. The first-order valence-electron chi connectivity index (χ1n) is 4.05. The molecule has 0 aliphatic carbocycles. The van der Waals surface area contributed by atoms with Crippen LogP contribution in [0.25, 0.3) is 5.52 Å². The highest BCUT2D eigenvalue weighted by molar-refractivity contribution is 9.10. The number of rotatable bonds is 1. The number of fused-ring (bicyclic) bond motifs is 1. The third kappa shape index (κ3) is 1.42. The van der Waals surface area contributed by atoms with Gasteiger partial charge in [-0.05, 0) is 44.0 Å². The second kappa shape index (κ2) is 3.42. The van der Waals surface area contributed by atoms with E-state index in [2.05, 4.69) is 48.2 Å². The maximum Gasteiger partial charge on any atom is 0.132 e. The normalized spacial score (nSPS) is 11.0. The molecule has 0 fully saturated rings. The largest absolute Gasteiger partial charge is 0.289 e. The number of nitrogens with zero attached hydrogens (tertiary/aromatic N) is 2. The summed E-state index contributed by atoms with van der Waals surface area (Å²) in [7, 11) is 0. The first-order valence-corrected chi connectivity index (χ1v) is 5.64. The van der Waals surface area contributed by atoms with Crippen molar-refractivity contribution >= 4 is 37.4 Å². The fourth-order valence-corrected chi connectivity index (χ4v) is 2.43. The molecule has 0 unspecified atom stereocenters. The van der Waals surface area contributed by atoms with Crippen molar-refractivity contribution in [3.05, 3.63) is 33.2 Å². The van der Waals surface area contributed by atoms with E-state index in [1.807, 2.05) is 18.2 Å². The fraction of sp³-hybridized carbons (Fsp3) is 0.222. The molecule has 2 rings (SSSR count). The zero-order valence-electron chi connectivity index (χ0n) is 7.09. The van der Waals surface area contributed by atoms with Gasteiger partial charge in [0.2, 0.25) is 0 Å². The fourth-order valence-electron chi connectivity index (χ4n) is 1.36. The van der Waals surface area contributed by atoms with E-state index in [4.69, 9.17) is 0 Å². The molecule has 0 aliphatic heterocycles. The molecule has 4 heteroatoms. The van der Waals surface area contributed by atoms with E-state index in [0.717, 1.165) is 27.0 Å². The lowest BCUT2D eigenvalue weighted by Gasteiger charge is -2.00. The van der Waals surface area contributed by atoms with Crippen LogP contribution in [0.1, 0.15) is 12.7 Å². The standard InChI is InChI=1S/C9H8Br2N2/c1-2-8-12-9(11)6-4-3-5-7(10)13(6)8/h3-5H,2H2,1H3. The Labute approximate surface area is 93.2 Å². The molecule has 0 aliphatic rings. The zero-order valence-corrected chi connectivity index (χ0v) is 10.3. The maximum absolute atomic E-state index is 4.42. The Kier molecular flexibility index (Phi) is 2.43. The van der Waals surface area contributed by atoms with Gasteiger partial charge in [0.05, 0.1) is 10.1 Å². The summed E-state index contributed by atoms with van der Waals surface area (Å²) in [6.45, 7) is 2.10. The Morgan fingerprint density at radius 1 is 1.38 bits per heavy atom. The molecule has 2 heterocycles. The van der Waals surface area contributed by atoms with E-state index in [-0.39, 0.29) is 0 Å². The van der Waals surface area contributed by atoms with E-state index >= 15 is 0 Å². The molecule has 0 N–H and O–H groups in total. The number of hydrogen-bond acceptors (Lipinski definition) is 1. The monoisotopic (exact) mass is 302 g/mol.